The number of rotatable bonds is 6. The molecule has 0 fully saturated rings. The first-order valence-corrected chi connectivity index (χ1v) is 7.23. The van der Waals surface area contributed by atoms with Crippen LogP contribution in [-0.4, -0.2) is 27.2 Å². The predicted octanol–water partition coefficient (Wildman–Crippen LogP) is 2.00. The van der Waals surface area contributed by atoms with Gasteiger partial charge in [0.1, 0.15) is 5.69 Å². The van der Waals surface area contributed by atoms with Crippen LogP contribution in [0.4, 0.5) is 11.4 Å². The van der Waals surface area contributed by atoms with E-state index in [0.29, 0.717) is 12.2 Å². The van der Waals surface area contributed by atoms with E-state index in [1.54, 1.807) is 6.07 Å². The molecule has 0 unspecified atom stereocenters. The molecule has 1 aromatic carbocycles. The van der Waals surface area contributed by atoms with Crippen molar-refractivity contribution in [2.24, 2.45) is 7.05 Å². The molecule has 2 rings (SSSR count). The van der Waals surface area contributed by atoms with Crippen molar-refractivity contribution >= 4 is 17.3 Å². The van der Waals surface area contributed by atoms with E-state index in [9.17, 15) is 14.9 Å². The molecule has 8 heteroatoms. The van der Waals surface area contributed by atoms with E-state index in [-0.39, 0.29) is 17.1 Å². The molecule has 0 spiro atoms. The summed E-state index contributed by atoms with van der Waals surface area (Å²) < 4.78 is 1.23. The van der Waals surface area contributed by atoms with Crippen LogP contribution in [0.2, 0.25) is 0 Å². The Kier molecular flexibility index (Phi) is 5.07. The Hall–Kier alpha value is -2.74. The van der Waals surface area contributed by atoms with Crippen LogP contribution in [0.1, 0.15) is 28.7 Å². The summed E-state index contributed by atoms with van der Waals surface area (Å²) in [5.74, 6) is -0.555. The second-order valence-electron chi connectivity index (χ2n) is 5.10. The zero-order valence-electron chi connectivity index (χ0n) is 13.3. The third kappa shape index (κ3) is 3.72. The highest BCUT2D eigenvalue weighted by molar-refractivity contribution is 6.06. The van der Waals surface area contributed by atoms with Gasteiger partial charge in [-0.3, -0.25) is 19.6 Å². The van der Waals surface area contributed by atoms with Gasteiger partial charge in [0.15, 0.2) is 0 Å². The van der Waals surface area contributed by atoms with Crippen molar-refractivity contribution in [3.63, 3.8) is 0 Å². The summed E-state index contributed by atoms with van der Waals surface area (Å²) in [6.45, 7) is 5.05. The van der Waals surface area contributed by atoms with E-state index in [1.165, 1.54) is 18.7 Å². The lowest BCUT2D eigenvalue weighted by atomic mass is 10.2. The summed E-state index contributed by atoms with van der Waals surface area (Å²) in [6, 6.07) is 7.33. The molecule has 2 N–H and O–H groups in total. The number of carbonyl (C=O) groups is 1. The lowest BCUT2D eigenvalue weighted by Gasteiger charge is -2.08. The van der Waals surface area contributed by atoms with Crippen molar-refractivity contribution in [1.29, 1.82) is 0 Å². The van der Waals surface area contributed by atoms with Crippen LogP contribution in [0.5, 0.6) is 0 Å². The fourth-order valence-corrected chi connectivity index (χ4v) is 2.34. The Morgan fingerprint density at radius 3 is 2.83 bits per heavy atom. The molecule has 0 saturated heterocycles. The maximum absolute atomic E-state index is 12.4. The van der Waals surface area contributed by atoms with E-state index in [1.807, 2.05) is 25.1 Å². The first-order valence-electron chi connectivity index (χ1n) is 7.23. The summed E-state index contributed by atoms with van der Waals surface area (Å²) in [5, 5.41) is 21.0. The van der Waals surface area contributed by atoms with Crippen LogP contribution < -0.4 is 10.6 Å². The lowest BCUT2D eigenvalue weighted by molar-refractivity contribution is -0.385. The van der Waals surface area contributed by atoms with Gasteiger partial charge in [-0.1, -0.05) is 19.1 Å². The normalized spacial score (nSPS) is 10.6. The third-order valence-electron chi connectivity index (χ3n) is 3.35. The maximum atomic E-state index is 12.4. The van der Waals surface area contributed by atoms with Crippen LogP contribution in [0.15, 0.2) is 24.3 Å². The summed E-state index contributed by atoms with van der Waals surface area (Å²) in [5.41, 5.74) is 1.47. The molecule has 8 nitrogen and oxygen atoms in total. The number of nitro groups is 1. The number of amides is 1. The van der Waals surface area contributed by atoms with Crippen LogP contribution >= 0.6 is 0 Å². The van der Waals surface area contributed by atoms with Gasteiger partial charge in [-0.05, 0) is 31.2 Å². The van der Waals surface area contributed by atoms with E-state index >= 15 is 0 Å². The highest BCUT2D eigenvalue weighted by Crippen LogP contribution is 2.23. The predicted molar refractivity (Wildman–Crippen MR) is 86.4 cm³/mol. The number of aromatic nitrogens is 2. The molecular weight excluding hydrogens is 298 g/mol. The summed E-state index contributed by atoms with van der Waals surface area (Å²) in [6.07, 6.45) is 0. The van der Waals surface area contributed by atoms with Crippen molar-refractivity contribution in [1.82, 2.24) is 15.1 Å². The standard InChI is InChI=1S/C15H19N5O3/c1-4-16-9-11-6-5-7-12(8-11)17-15(21)14-13(20(22)23)10(2)18-19(14)3/h5-8,16H,4,9H2,1-3H3,(H,17,21). The molecule has 0 atom stereocenters. The Morgan fingerprint density at radius 1 is 1.43 bits per heavy atom. The fraction of sp³-hybridized carbons (Fsp3) is 0.333. The highest BCUT2D eigenvalue weighted by Gasteiger charge is 2.29. The van der Waals surface area contributed by atoms with E-state index in [0.717, 1.165) is 12.1 Å². The van der Waals surface area contributed by atoms with Gasteiger partial charge in [0, 0.05) is 19.3 Å². The number of hydrogen-bond acceptors (Lipinski definition) is 5. The zero-order chi connectivity index (χ0) is 17.0. The molecule has 0 aliphatic rings. The number of carbonyl (C=O) groups excluding carboxylic acids is 1. The Labute approximate surface area is 133 Å². The van der Waals surface area contributed by atoms with Crippen LogP contribution in [0, 0.1) is 17.0 Å². The zero-order valence-corrected chi connectivity index (χ0v) is 13.3. The molecule has 122 valence electrons. The van der Waals surface area contributed by atoms with Gasteiger partial charge in [-0.25, -0.2) is 0 Å². The number of hydrogen-bond donors (Lipinski definition) is 2. The Bertz CT molecular complexity index is 739. The van der Waals surface area contributed by atoms with E-state index in [4.69, 9.17) is 0 Å². The lowest BCUT2D eigenvalue weighted by Crippen LogP contribution is -2.18. The smallest absolute Gasteiger partial charge is 0.320 e. The average Bonchev–Trinajstić information content (AvgIpc) is 2.80. The van der Waals surface area contributed by atoms with E-state index in [2.05, 4.69) is 15.7 Å². The maximum Gasteiger partial charge on any atom is 0.322 e. The summed E-state index contributed by atoms with van der Waals surface area (Å²) >= 11 is 0. The number of nitrogens with zero attached hydrogens (tertiary/aromatic N) is 3. The molecule has 0 bridgehead atoms. The quantitative estimate of drug-likeness (QED) is 0.626. The first kappa shape index (κ1) is 16.6. The van der Waals surface area contributed by atoms with Gasteiger partial charge < -0.3 is 10.6 Å². The van der Waals surface area contributed by atoms with Gasteiger partial charge in [-0.15, -0.1) is 0 Å². The number of anilines is 1. The van der Waals surface area contributed by atoms with Crippen LogP contribution in [0.3, 0.4) is 0 Å². The minimum atomic E-state index is -0.584. The van der Waals surface area contributed by atoms with Gasteiger partial charge in [0.2, 0.25) is 5.69 Å². The molecule has 0 aliphatic heterocycles. The second-order valence-corrected chi connectivity index (χ2v) is 5.10. The number of benzene rings is 1. The van der Waals surface area contributed by atoms with Crippen LogP contribution in [0.25, 0.3) is 0 Å². The third-order valence-corrected chi connectivity index (χ3v) is 3.35. The Morgan fingerprint density at radius 2 is 2.17 bits per heavy atom. The molecule has 0 radical (unpaired) electrons. The molecule has 1 aromatic heterocycles. The molecular formula is C15H19N5O3. The highest BCUT2D eigenvalue weighted by atomic mass is 16.6. The van der Waals surface area contributed by atoms with E-state index < -0.39 is 10.8 Å². The molecule has 1 heterocycles. The first-order chi connectivity index (χ1) is 10.9. The molecule has 1 amide bonds. The van der Waals surface area contributed by atoms with Gasteiger partial charge in [-0.2, -0.15) is 5.10 Å². The van der Waals surface area contributed by atoms with Crippen LogP contribution in [-0.2, 0) is 13.6 Å². The topological polar surface area (TPSA) is 102 Å². The minimum Gasteiger partial charge on any atom is -0.320 e. The van der Waals surface area contributed by atoms with Crippen molar-refractivity contribution in [2.75, 3.05) is 11.9 Å². The van der Waals surface area contributed by atoms with Gasteiger partial charge in [0.05, 0.1) is 4.92 Å². The van der Waals surface area contributed by atoms with Crippen molar-refractivity contribution in [2.45, 2.75) is 20.4 Å². The number of nitrogens with one attached hydrogen (secondary N) is 2. The average molecular weight is 317 g/mol. The largest absolute Gasteiger partial charge is 0.322 e. The minimum absolute atomic E-state index is 0.0652. The summed E-state index contributed by atoms with van der Waals surface area (Å²) in [7, 11) is 1.51. The fourth-order valence-electron chi connectivity index (χ4n) is 2.34. The monoisotopic (exact) mass is 317 g/mol. The number of aryl methyl sites for hydroxylation is 2. The van der Waals surface area contributed by atoms with Gasteiger partial charge >= 0.3 is 5.69 Å². The van der Waals surface area contributed by atoms with Crippen molar-refractivity contribution in [3.8, 4) is 0 Å². The second kappa shape index (κ2) is 7.01. The molecule has 0 saturated carbocycles. The molecule has 0 aliphatic carbocycles. The molecule has 2 aromatic rings. The van der Waals surface area contributed by atoms with Crippen molar-refractivity contribution < 1.29 is 9.72 Å². The summed E-state index contributed by atoms with van der Waals surface area (Å²) in [4.78, 5) is 23.0. The van der Waals surface area contributed by atoms with Crippen molar-refractivity contribution in [3.05, 3.63) is 51.3 Å². The molecule has 23 heavy (non-hydrogen) atoms. The SMILES string of the molecule is CCNCc1cccc(NC(=O)c2c([N+](=O)[O-])c(C)nn2C)c1. The van der Waals surface area contributed by atoms with Gasteiger partial charge in [0.25, 0.3) is 5.91 Å². The Balaban J connectivity index is 2.25.